The van der Waals surface area contributed by atoms with Crippen molar-refractivity contribution in [3.05, 3.63) is 17.5 Å². The minimum absolute atomic E-state index is 0.0176. The molecule has 2 rings (SSSR count). The van der Waals surface area contributed by atoms with Crippen LogP contribution in [0.15, 0.2) is 12.3 Å². The first-order valence-corrected chi connectivity index (χ1v) is 7.10. The Balaban J connectivity index is 2.17. The molecule has 1 unspecified atom stereocenters. The zero-order chi connectivity index (χ0) is 11.8. The summed E-state index contributed by atoms with van der Waals surface area (Å²) in [6, 6.07) is 1.70. The number of sulfone groups is 1. The van der Waals surface area contributed by atoms with E-state index < -0.39 is 9.84 Å². The highest BCUT2D eigenvalue weighted by Gasteiger charge is 2.31. The summed E-state index contributed by atoms with van der Waals surface area (Å²) in [7, 11) is -1.05. The molecule has 16 heavy (non-hydrogen) atoms. The highest BCUT2D eigenvalue weighted by atomic mass is 35.5. The predicted molar refractivity (Wildman–Crippen MR) is 62.5 cm³/mol. The van der Waals surface area contributed by atoms with Crippen molar-refractivity contribution in [3.63, 3.8) is 0 Å². The Morgan fingerprint density at radius 1 is 1.56 bits per heavy atom. The Kier molecular flexibility index (Phi) is 3.03. The van der Waals surface area contributed by atoms with Gasteiger partial charge in [-0.15, -0.1) is 0 Å². The molecule has 0 aliphatic carbocycles. The summed E-state index contributed by atoms with van der Waals surface area (Å²) < 4.78 is 22.7. The lowest BCUT2D eigenvalue weighted by molar-refractivity contribution is 0.600. The number of hydrogen-bond donors (Lipinski definition) is 0. The van der Waals surface area contributed by atoms with Crippen LogP contribution in [0.1, 0.15) is 6.42 Å². The van der Waals surface area contributed by atoms with E-state index in [2.05, 4.69) is 9.97 Å². The first kappa shape index (κ1) is 11.6. The van der Waals surface area contributed by atoms with E-state index in [1.54, 1.807) is 12.3 Å². The van der Waals surface area contributed by atoms with Crippen LogP contribution in [0.3, 0.4) is 0 Å². The minimum atomic E-state index is -2.88. The van der Waals surface area contributed by atoms with Gasteiger partial charge in [-0.1, -0.05) is 0 Å². The fraction of sp³-hybridized carbons (Fsp3) is 0.556. The number of nitrogens with zero attached hydrogens (tertiary/aromatic N) is 3. The van der Waals surface area contributed by atoms with Crippen LogP contribution in [0.5, 0.6) is 0 Å². The van der Waals surface area contributed by atoms with Gasteiger partial charge in [-0.05, 0) is 24.1 Å². The molecule has 0 radical (unpaired) electrons. The van der Waals surface area contributed by atoms with Gasteiger partial charge in [0.05, 0.1) is 11.5 Å². The van der Waals surface area contributed by atoms with E-state index in [4.69, 9.17) is 11.6 Å². The van der Waals surface area contributed by atoms with Crippen molar-refractivity contribution < 1.29 is 8.42 Å². The van der Waals surface area contributed by atoms with Gasteiger partial charge in [0.25, 0.3) is 0 Å². The summed E-state index contributed by atoms with van der Waals surface area (Å²) in [6.45, 7) is 0. The summed E-state index contributed by atoms with van der Waals surface area (Å²) >= 11 is 5.68. The standard InChI is InChI=1S/C9H12ClN3O2S/c1-13(7-3-5-16(14,15)6-7)8-2-4-11-9(10)12-8/h2,4,7H,3,5-6H2,1H3. The van der Waals surface area contributed by atoms with Crippen molar-refractivity contribution in [1.29, 1.82) is 0 Å². The molecule has 7 heteroatoms. The first-order valence-electron chi connectivity index (χ1n) is 4.90. The Labute approximate surface area is 99.4 Å². The average molecular weight is 262 g/mol. The Morgan fingerprint density at radius 2 is 2.31 bits per heavy atom. The van der Waals surface area contributed by atoms with Gasteiger partial charge in [-0.25, -0.2) is 18.4 Å². The topological polar surface area (TPSA) is 63.2 Å². The van der Waals surface area contributed by atoms with Crippen LogP contribution in [0.25, 0.3) is 0 Å². The van der Waals surface area contributed by atoms with Crippen molar-refractivity contribution in [3.8, 4) is 0 Å². The van der Waals surface area contributed by atoms with Crippen LogP contribution >= 0.6 is 11.6 Å². The lowest BCUT2D eigenvalue weighted by atomic mass is 10.2. The van der Waals surface area contributed by atoms with Crippen molar-refractivity contribution >= 4 is 27.3 Å². The van der Waals surface area contributed by atoms with Gasteiger partial charge in [0, 0.05) is 19.3 Å². The second-order valence-corrected chi connectivity index (χ2v) is 6.42. The number of rotatable bonds is 2. The highest BCUT2D eigenvalue weighted by Crippen LogP contribution is 2.21. The van der Waals surface area contributed by atoms with Gasteiger partial charge >= 0.3 is 0 Å². The van der Waals surface area contributed by atoms with Crippen molar-refractivity contribution in [2.45, 2.75) is 12.5 Å². The van der Waals surface area contributed by atoms with Crippen LogP contribution in [0, 0.1) is 0 Å². The molecular weight excluding hydrogens is 250 g/mol. The van der Waals surface area contributed by atoms with Gasteiger partial charge < -0.3 is 4.90 Å². The minimum Gasteiger partial charge on any atom is -0.355 e. The van der Waals surface area contributed by atoms with E-state index in [0.29, 0.717) is 12.2 Å². The summed E-state index contributed by atoms with van der Waals surface area (Å²) in [5, 5.41) is 0.171. The van der Waals surface area contributed by atoms with Crippen molar-refractivity contribution in [2.75, 3.05) is 23.5 Å². The van der Waals surface area contributed by atoms with Gasteiger partial charge in [-0.3, -0.25) is 0 Å². The van der Waals surface area contributed by atoms with Gasteiger partial charge in [0.1, 0.15) is 5.82 Å². The molecular formula is C9H12ClN3O2S. The van der Waals surface area contributed by atoms with Crippen LogP contribution in [-0.4, -0.2) is 43.0 Å². The molecule has 1 aliphatic rings. The van der Waals surface area contributed by atoms with Gasteiger partial charge in [-0.2, -0.15) is 0 Å². The van der Waals surface area contributed by atoms with Crippen molar-refractivity contribution in [1.82, 2.24) is 9.97 Å². The number of halogens is 1. The summed E-state index contributed by atoms with van der Waals surface area (Å²) in [4.78, 5) is 9.68. The molecule has 1 fully saturated rings. The smallest absolute Gasteiger partial charge is 0.224 e. The Hall–Kier alpha value is -0.880. The predicted octanol–water partition coefficient (Wildman–Crippen LogP) is 0.753. The molecule has 88 valence electrons. The van der Waals surface area contributed by atoms with Crippen LogP contribution in [0.4, 0.5) is 5.82 Å². The summed E-state index contributed by atoms with van der Waals surface area (Å²) in [6.07, 6.45) is 2.20. The molecule has 5 nitrogen and oxygen atoms in total. The largest absolute Gasteiger partial charge is 0.355 e. The van der Waals surface area contributed by atoms with Gasteiger partial charge in [0.2, 0.25) is 5.28 Å². The molecule has 0 aromatic carbocycles. The zero-order valence-corrected chi connectivity index (χ0v) is 10.4. The molecule has 1 atom stereocenters. The second kappa shape index (κ2) is 4.18. The second-order valence-electron chi connectivity index (χ2n) is 3.85. The molecule has 1 aromatic rings. The van der Waals surface area contributed by atoms with Crippen molar-refractivity contribution in [2.24, 2.45) is 0 Å². The number of anilines is 1. The molecule has 1 saturated heterocycles. The maximum absolute atomic E-state index is 11.4. The lowest BCUT2D eigenvalue weighted by Crippen LogP contribution is -2.33. The Bertz CT molecular complexity index is 491. The zero-order valence-electron chi connectivity index (χ0n) is 8.80. The van der Waals surface area contributed by atoms with E-state index >= 15 is 0 Å². The SMILES string of the molecule is CN(c1ccnc(Cl)n1)C1CCS(=O)(=O)C1. The fourth-order valence-corrected chi connectivity index (χ4v) is 3.71. The summed E-state index contributed by atoms with van der Waals surface area (Å²) in [5.74, 6) is 1.09. The molecule has 0 saturated carbocycles. The maximum atomic E-state index is 11.4. The van der Waals surface area contributed by atoms with Crippen LogP contribution in [-0.2, 0) is 9.84 Å². The maximum Gasteiger partial charge on any atom is 0.224 e. The third-order valence-electron chi connectivity index (χ3n) is 2.73. The van der Waals surface area contributed by atoms with Gasteiger partial charge in [0.15, 0.2) is 9.84 Å². The first-order chi connectivity index (χ1) is 7.48. The average Bonchev–Trinajstić information content (AvgIpc) is 2.58. The van der Waals surface area contributed by atoms with E-state index in [-0.39, 0.29) is 22.8 Å². The fourth-order valence-electron chi connectivity index (χ4n) is 1.79. The van der Waals surface area contributed by atoms with E-state index in [9.17, 15) is 8.42 Å². The monoisotopic (exact) mass is 261 g/mol. The molecule has 0 N–H and O–H groups in total. The molecule has 0 bridgehead atoms. The van der Waals surface area contributed by atoms with E-state index in [0.717, 1.165) is 0 Å². The van der Waals surface area contributed by atoms with Crippen LogP contribution < -0.4 is 4.90 Å². The summed E-state index contributed by atoms with van der Waals surface area (Å²) in [5.41, 5.74) is 0. The highest BCUT2D eigenvalue weighted by molar-refractivity contribution is 7.91. The Morgan fingerprint density at radius 3 is 2.88 bits per heavy atom. The number of aromatic nitrogens is 2. The quantitative estimate of drug-likeness (QED) is 0.736. The lowest BCUT2D eigenvalue weighted by Gasteiger charge is -2.24. The molecule has 0 spiro atoms. The third kappa shape index (κ3) is 2.44. The normalized spacial score (nSPS) is 23.2. The molecule has 2 heterocycles. The molecule has 1 aliphatic heterocycles. The molecule has 1 aromatic heterocycles. The van der Waals surface area contributed by atoms with Crippen LogP contribution in [0.2, 0.25) is 5.28 Å². The third-order valence-corrected chi connectivity index (χ3v) is 4.66. The van der Waals surface area contributed by atoms with E-state index in [1.807, 2.05) is 11.9 Å². The van der Waals surface area contributed by atoms with E-state index in [1.165, 1.54) is 0 Å². The molecule has 0 amide bonds. The number of hydrogen-bond acceptors (Lipinski definition) is 5.